The van der Waals surface area contributed by atoms with Gasteiger partial charge in [-0.25, -0.2) is 9.78 Å². The third kappa shape index (κ3) is 3.27. The van der Waals surface area contributed by atoms with Crippen LogP contribution < -0.4 is 5.56 Å². The van der Waals surface area contributed by atoms with Crippen LogP contribution in [0.25, 0.3) is 11.0 Å². The number of aromatic carboxylic acids is 1. The molecule has 3 aliphatic rings. The van der Waals surface area contributed by atoms with Crippen molar-refractivity contribution in [3.05, 3.63) is 40.3 Å². The number of hydrogen-bond donors (Lipinski definition) is 1. The number of para-hydroxylation sites is 2. The van der Waals surface area contributed by atoms with Crippen LogP contribution in [-0.2, 0) is 0 Å². The summed E-state index contributed by atoms with van der Waals surface area (Å²) in [6.45, 7) is 0. The van der Waals surface area contributed by atoms with E-state index in [1.807, 2.05) is 18.2 Å². The lowest BCUT2D eigenvalue weighted by molar-refractivity contribution is -0.0278. The molecule has 3 fully saturated rings. The van der Waals surface area contributed by atoms with Crippen molar-refractivity contribution in [3.8, 4) is 0 Å². The molecule has 1 unspecified atom stereocenters. The lowest BCUT2D eigenvalue weighted by Crippen LogP contribution is -2.57. The SMILES string of the molecule is O=C(O)c1nc2ccccc2n(C2C[C@H]3CCC[C@@H](C2)N3C2CCCCC2)c1=O. The van der Waals surface area contributed by atoms with Gasteiger partial charge in [0.2, 0.25) is 5.69 Å². The van der Waals surface area contributed by atoms with E-state index in [2.05, 4.69) is 9.88 Å². The first-order valence-electron chi connectivity index (χ1n) is 11.2. The quantitative estimate of drug-likeness (QED) is 0.851. The highest BCUT2D eigenvalue weighted by molar-refractivity contribution is 5.88. The van der Waals surface area contributed by atoms with E-state index in [-0.39, 0.29) is 11.7 Å². The van der Waals surface area contributed by atoms with Crippen molar-refractivity contribution in [2.24, 2.45) is 0 Å². The van der Waals surface area contributed by atoms with Gasteiger partial charge in [-0.2, -0.15) is 0 Å². The maximum atomic E-state index is 13.1. The molecular weight excluding hydrogens is 366 g/mol. The van der Waals surface area contributed by atoms with Crippen LogP contribution in [0.5, 0.6) is 0 Å². The van der Waals surface area contributed by atoms with Crippen molar-refractivity contribution >= 4 is 17.0 Å². The molecular formula is C23H29N3O3. The molecule has 3 atom stereocenters. The number of nitrogens with zero attached hydrogens (tertiary/aromatic N) is 3. The van der Waals surface area contributed by atoms with Gasteiger partial charge in [0, 0.05) is 24.2 Å². The minimum atomic E-state index is -1.24. The standard InChI is InChI=1S/C23H29N3O3/c27-22-21(23(28)29)24-19-11-4-5-12-20(19)26(22)18-13-16-9-6-10-17(14-18)25(16)15-7-2-1-3-8-15/h4-5,11-12,15-18H,1-3,6-10,13-14H2,(H,28,29)/t16-,17+,18?. The molecule has 0 radical (unpaired) electrons. The Morgan fingerprint density at radius 1 is 0.897 bits per heavy atom. The number of hydrogen-bond acceptors (Lipinski definition) is 4. The number of fused-ring (bicyclic) bond motifs is 3. The number of aromatic nitrogens is 2. The van der Waals surface area contributed by atoms with E-state index in [1.54, 1.807) is 10.6 Å². The highest BCUT2D eigenvalue weighted by Crippen LogP contribution is 2.43. The Bertz CT molecular complexity index is 965. The Hall–Kier alpha value is -2.21. The smallest absolute Gasteiger partial charge is 0.360 e. The summed E-state index contributed by atoms with van der Waals surface area (Å²) in [4.78, 5) is 31.7. The molecule has 1 N–H and O–H groups in total. The topological polar surface area (TPSA) is 75.4 Å². The Morgan fingerprint density at radius 3 is 2.24 bits per heavy atom. The van der Waals surface area contributed by atoms with Crippen LogP contribution in [0, 0.1) is 0 Å². The lowest BCUT2D eigenvalue weighted by Gasteiger charge is -2.53. The van der Waals surface area contributed by atoms with E-state index >= 15 is 0 Å². The van der Waals surface area contributed by atoms with Gasteiger partial charge in [0.05, 0.1) is 11.0 Å². The van der Waals surface area contributed by atoms with Crippen LogP contribution in [0.3, 0.4) is 0 Å². The average molecular weight is 396 g/mol. The fourth-order valence-corrected chi connectivity index (χ4v) is 6.23. The summed E-state index contributed by atoms with van der Waals surface area (Å²) >= 11 is 0. The van der Waals surface area contributed by atoms with E-state index in [1.165, 1.54) is 51.4 Å². The van der Waals surface area contributed by atoms with Crippen molar-refractivity contribution < 1.29 is 9.90 Å². The second kappa shape index (κ2) is 7.56. The maximum Gasteiger partial charge on any atom is 0.360 e. The molecule has 2 aliphatic heterocycles. The fourth-order valence-electron chi connectivity index (χ4n) is 6.23. The first kappa shape index (κ1) is 18.8. The lowest BCUT2D eigenvalue weighted by atomic mass is 9.78. The minimum absolute atomic E-state index is 0.0450. The normalized spacial score (nSPS) is 28.5. The van der Waals surface area contributed by atoms with Crippen molar-refractivity contribution in [1.29, 1.82) is 0 Å². The van der Waals surface area contributed by atoms with Crippen LogP contribution in [-0.4, -0.2) is 43.7 Å². The van der Waals surface area contributed by atoms with E-state index in [0.717, 1.165) is 18.4 Å². The highest BCUT2D eigenvalue weighted by atomic mass is 16.4. The predicted octanol–water partition coefficient (Wildman–Crippen LogP) is 3.99. The average Bonchev–Trinajstić information content (AvgIpc) is 2.73. The molecule has 1 aromatic heterocycles. The molecule has 1 saturated carbocycles. The molecule has 3 heterocycles. The van der Waals surface area contributed by atoms with Crippen LogP contribution in [0.1, 0.15) is 80.7 Å². The molecule has 1 aliphatic carbocycles. The van der Waals surface area contributed by atoms with Crippen LogP contribution in [0.2, 0.25) is 0 Å². The van der Waals surface area contributed by atoms with Gasteiger partial charge in [-0.1, -0.05) is 37.8 Å². The summed E-state index contributed by atoms with van der Waals surface area (Å²) in [5.41, 5.74) is 0.537. The van der Waals surface area contributed by atoms with Crippen LogP contribution in [0.4, 0.5) is 0 Å². The zero-order valence-corrected chi connectivity index (χ0v) is 16.8. The maximum absolute atomic E-state index is 13.1. The third-order valence-electron chi connectivity index (χ3n) is 7.37. The Labute approximate surface area is 170 Å². The van der Waals surface area contributed by atoms with Crippen molar-refractivity contribution in [3.63, 3.8) is 0 Å². The molecule has 2 aromatic rings. The van der Waals surface area contributed by atoms with Crippen molar-refractivity contribution in [2.45, 2.75) is 88.4 Å². The highest BCUT2D eigenvalue weighted by Gasteiger charge is 2.42. The molecule has 6 heteroatoms. The molecule has 5 rings (SSSR count). The summed E-state index contributed by atoms with van der Waals surface area (Å²) in [6, 6.07) is 9.19. The Morgan fingerprint density at radius 2 is 1.55 bits per heavy atom. The summed E-state index contributed by atoms with van der Waals surface area (Å²) in [6.07, 6.45) is 12.1. The van der Waals surface area contributed by atoms with Crippen molar-refractivity contribution in [1.82, 2.24) is 14.5 Å². The second-order valence-electron chi connectivity index (χ2n) is 9.03. The van der Waals surface area contributed by atoms with Gasteiger partial charge in [0.15, 0.2) is 0 Å². The third-order valence-corrected chi connectivity index (χ3v) is 7.37. The fraction of sp³-hybridized carbons (Fsp3) is 0.609. The van der Waals surface area contributed by atoms with E-state index < -0.39 is 11.5 Å². The number of carbonyl (C=O) groups is 1. The largest absolute Gasteiger partial charge is 0.476 e. The van der Waals surface area contributed by atoms with E-state index in [9.17, 15) is 14.7 Å². The predicted molar refractivity (Wildman–Crippen MR) is 111 cm³/mol. The van der Waals surface area contributed by atoms with E-state index in [0.29, 0.717) is 23.6 Å². The summed E-state index contributed by atoms with van der Waals surface area (Å²) in [5.74, 6) is -1.24. The van der Waals surface area contributed by atoms with Gasteiger partial charge in [0.25, 0.3) is 5.56 Å². The summed E-state index contributed by atoms with van der Waals surface area (Å²) < 4.78 is 1.76. The van der Waals surface area contributed by atoms with Crippen LogP contribution >= 0.6 is 0 Å². The molecule has 0 spiro atoms. The van der Waals surface area contributed by atoms with Gasteiger partial charge in [-0.15, -0.1) is 0 Å². The van der Waals surface area contributed by atoms with Gasteiger partial charge in [-0.05, 0) is 50.7 Å². The molecule has 29 heavy (non-hydrogen) atoms. The van der Waals surface area contributed by atoms with Gasteiger partial charge in [-0.3, -0.25) is 9.69 Å². The first-order valence-corrected chi connectivity index (χ1v) is 11.2. The Balaban J connectivity index is 1.54. The van der Waals surface area contributed by atoms with Crippen LogP contribution in [0.15, 0.2) is 29.1 Å². The zero-order valence-electron chi connectivity index (χ0n) is 16.8. The van der Waals surface area contributed by atoms with Gasteiger partial charge < -0.3 is 9.67 Å². The zero-order chi connectivity index (χ0) is 20.0. The summed E-state index contributed by atoms with van der Waals surface area (Å²) in [5, 5.41) is 9.54. The van der Waals surface area contributed by atoms with E-state index in [4.69, 9.17) is 0 Å². The van der Waals surface area contributed by atoms with Gasteiger partial charge in [0.1, 0.15) is 0 Å². The minimum Gasteiger partial charge on any atom is -0.476 e. The number of carboxylic acids is 1. The first-order chi connectivity index (χ1) is 14.1. The summed E-state index contributed by atoms with van der Waals surface area (Å²) in [7, 11) is 0. The number of carboxylic acid groups (broad SMARTS) is 1. The molecule has 2 saturated heterocycles. The number of rotatable bonds is 3. The van der Waals surface area contributed by atoms with Crippen molar-refractivity contribution in [2.75, 3.05) is 0 Å². The molecule has 2 bridgehead atoms. The molecule has 6 nitrogen and oxygen atoms in total. The monoisotopic (exact) mass is 395 g/mol. The number of piperidine rings is 2. The Kier molecular flexibility index (Phi) is 4.90. The molecule has 0 amide bonds. The molecule has 1 aromatic carbocycles. The number of benzene rings is 1. The molecule has 154 valence electrons. The second-order valence-corrected chi connectivity index (χ2v) is 9.03. The van der Waals surface area contributed by atoms with Gasteiger partial charge >= 0.3 is 5.97 Å².